The van der Waals surface area contributed by atoms with Crippen LogP contribution in [-0.2, 0) is 9.47 Å². The van der Waals surface area contributed by atoms with Gasteiger partial charge in [0.25, 0.3) is 0 Å². The summed E-state index contributed by atoms with van der Waals surface area (Å²) in [6, 6.07) is 9.30. The predicted molar refractivity (Wildman–Crippen MR) is 74.4 cm³/mol. The second-order valence-electron chi connectivity index (χ2n) is 6.44. The molecule has 3 heteroatoms. The van der Waals surface area contributed by atoms with Gasteiger partial charge >= 0.3 is 5.97 Å². The first kappa shape index (κ1) is 12.4. The molecule has 106 valence electrons. The number of rotatable bonds is 2. The number of ether oxygens (including phenoxy) is 2. The summed E-state index contributed by atoms with van der Waals surface area (Å²) < 4.78 is 11.9. The van der Waals surface area contributed by atoms with Crippen LogP contribution >= 0.6 is 0 Å². The van der Waals surface area contributed by atoms with E-state index in [9.17, 15) is 4.79 Å². The van der Waals surface area contributed by atoms with Gasteiger partial charge in [-0.15, -0.1) is 0 Å². The summed E-state index contributed by atoms with van der Waals surface area (Å²) >= 11 is 0. The number of carbonyl (C=O) groups excluding carboxylic acids is 1. The molecule has 0 bridgehead atoms. The maximum atomic E-state index is 12.3. The highest BCUT2D eigenvalue weighted by molar-refractivity contribution is 5.89. The summed E-state index contributed by atoms with van der Waals surface area (Å²) in [5.74, 6) is 0.414. The zero-order valence-corrected chi connectivity index (χ0v) is 11.7. The Hall–Kier alpha value is -1.35. The maximum Gasteiger partial charge on any atom is 0.338 e. The normalized spacial score (nSPS) is 41.6. The summed E-state index contributed by atoms with van der Waals surface area (Å²) in [7, 11) is 0. The third-order valence-corrected chi connectivity index (χ3v) is 5.44. The molecule has 1 spiro atoms. The molecule has 4 rings (SSSR count). The minimum absolute atomic E-state index is 0.0453. The molecule has 5 atom stereocenters. The van der Waals surface area contributed by atoms with Crippen LogP contribution in [0, 0.1) is 11.3 Å². The lowest BCUT2D eigenvalue weighted by Gasteiger charge is -2.35. The first-order chi connectivity index (χ1) is 9.72. The molecule has 0 radical (unpaired) electrons. The molecule has 1 aliphatic heterocycles. The van der Waals surface area contributed by atoms with Crippen LogP contribution in [0.4, 0.5) is 0 Å². The highest BCUT2D eigenvalue weighted by Gasteiger charge is 2.72. The second kappa shape index (κ2) is 4.32. The van der Waals surface area contributed by atoms with Gasteiger partial charge in [0.1, 0.15) is 6.10 Å². The molecule has 1 saturated heterocycles. The topological polar surface area (TPSA) is 35.5 Å². The SMILES string of the molecule is C[C@@H]1O[C@H]2CCC[C@@H](OC(=O)c3ccccc3)[C@@]23C[C@@H]13. The van der Waals surface area contributed by atoms with E-state index in [4.69, 9.17) is 9.47 Å². The molecule has 2 saturated carbocycles. The Bertz CT molecular complexity index is 526. The fourth-order valence-electron chi connectivity index (χ4n) is 4.39. The van der Waals surface area contributed by atoms with Gasteiger partial charge in [0.05, 0.1) is 17.8 Å². The summed E-state index contributed by atoms with van der Waals surface area (Å²) in [5, 5.41) is 0. The number of carbonyl (C=O) groups is 1. The van der Waals surface area contributed by atoms with E-state index in [0.717, 1.165) is 19.3 Å². The molecule has 1 aromatic rings. The van der Waals surface area contributed by atoms with Gasteiger partial charge < -0.3 is 9.47 Å². The Morgan fingerprint density at radius 3 is 2.85 bits per heavy atom. The molecule has 3 fully saturated rings. The third kappa shape index (κ3) is 1.65. The van der Waals surface area contributed by atoms with Crippen molar-refractivity contribution in [3.05, 3.63) is 35.9 Å². The van der Waals surface area contributed by atoms with Gasteiger partial charge in [0.15, 0.2) is 0 Å². The van der Waals surface area contributed by atoms with Crippen molar-refractivity contribution in [1.29, 1.82) is 0 Å². The Balaban J connectivity index is 1.53. The van der Waals surface area contributed by atoms with Gasteiger partial charge in [-0.2, -0.15) is 0 Å². The van der Waals surface area contributed by atoms with E-state index in [0.29, 0.717) is 23.7 Å². The van der Waals surface area contributed by atoms with E-state index in [2.05, 4.69) is 6.92 Å². The molecular formula is C17H20O3. The van der Waals surface area contributed by atoms with Gasteiger partial charge in [-0.1, -0.05) is 18.2 Å². The lowest BCUT2D eigenvalue weighted by Crippen LogP contribution is -2.40. The van der Waals surface area contributed by atoms with Gasteiger partial charge in [0, 0.05) is 5.41 Å². The van der Waals surface area contributed by atoms with Crippen LogP contribution in [-0.4, -0.2) is 24.3 Å². The van der Waals surface area contributed by atoms with E-state index in [1.165, 1.54) is 6.42 Å². The Morgan fingerprint density at radius 2 is 2.10 bits per heavy atom. The van der Waals surface area contributed by atoms with E-state index in [1.54, 1.807) is 0 Å². The van der Waals surface area contributed by atoms with Crippen molar-refractivity contribution < 1.29 is 14.3 Å². The van der Waals surface area contributed by atoms with Gasteiger partial charge in [-0.05, 0) is 50.7 Å². The lowest BCUT2D eigenvalue weighted by atomic mass is 9.80. The molecule has 1 heterocycles. The van der Waals surface area contributed by atoms with E-state index in [-0.39, 0.29) is 17.5 Å². The molecule has 0 N–H and O–H groups in total. The van der Waals surface area contributed by atoms with Crippen LogP contribution in [0.15, 0.2) is 30.3 Å². The van der Waals surface area contributed by atoms with Gasteiger partial charge in [0.2, 0.25) is 0 Å². The zero-order chi connectivity index (χ0) is 13.7. The highest BCUT2D eigenvalue weighted by Crippen LogP contribution is 2.69. The average molecular weight is 272 g/mol. The Kier molecular flexibility index (Phi) is 2.68. The van der Waals surface area contributed by atoms with E-state index >= 15 is 0 Å². The molecule has 1 aromatic carbocycles. The van der Waals surface area contributed by atoms with E-state index in [1.807, 2.05) is 30.3 Å². The number of hydrogen-bond acceptors (Lipinski definition) is 3. The number of hydrogen-bond donors (Lipinski definition) is 0. The van der Waals surface area contributed by atoms with Crippen LogP contribution in [0.1, 0.15) is 43.0 Å². The number of esters is 1. The van der Waals surface area contributed by atoms with E-state index < -0.39 is 0 Å². The van der Waals surface area contributed by atoms with Crippen molar-refractivity contribution >= 4 is 5.97 Å². The molecular weight excluding hydrogens is 252 g/mol. The molecule has 3 nitrogen and oxygen atoms in total. The van der Waals surface area contributed by atoms with Crippen LogP contribution in [0.2, 0.25) is 0 Å². The summed E-state index contributed by atoms with van der Waals surface area (Å²) in [4.78, 5) is 12.3. The highest BCUT2D eigenvalue weighted by atomic mass is 16.6. The van der Waals surface area contributed by atoms with Crippen LogP contribution < -0.4 is 0 Å². The van der Waals surface area contributed by atoms with Crippen molar-refractivity contribution in [3.8, 4) is 0 Å². The quantitative estimate of drug-likeness (QED) is 0.776. The van der Waals surface area contributed by atoms with Crippen LogP contribution in [0.3, 0.4) is 0 Å². The largest absolute Gasteiger partial charge is 0.458 e. The molecule has 2 aliphatic carbocycles. The van der Waals surface area contributed by atoms with Crippen molar-refractivity contribution in [3.63, 3.8) is 0 Å². The average Bonchev–Trinajstić information content (AvgIpc) is 3.14. The smallest absolute Gasteiger partial charge is 0.338 e. The summed E-state index contributed by atoms with van der Waals surface area (Å²) in [5.41, 5.74) is 0.789. The molecule has 0 unspecified atom stereocenters. The molecule has 0 amide bonds. The summed E-state index contributed by atoms with van der Waals surface area (Å²) in [6.45, 7) is 2.16. The minimum Gasteiger partial charge on any atom is -0.458 e. The number of benzene rings is 1. The van der Waals surface area contributed by atoms with Crippen molar-refractivity contribution in [2.45, 2.75) is 50.9 Å². The zero-order valence-electron chi connectivity index (χ0n) is 11.7. The van der Waals surface area contributed by atoms with Crippen molar-refractivity contribution in [2.24, 2.45) is 11.3 Å². The standard InChI is InChI=1S/C17H20O3/c1-11-13-10-17(13)14(19-11)8-5-9-15(17)20-16(18)12-6-3-2-4-7-12/h2-4,6-7,11,13-15H,5,8-10H2,1H3/t11-,13-,14-,15+,17+/m0/s1. The predicted octanol–water partition coefficient (Wildman–Crippen LogP) is 3.19. The molecule has 20 heavy (non-hydrogen) atoms. The Labute approximate surface area is 119 Å². The van der Waals surface area contributed by atoms with Gasteiger partial charge in [-0.3, -0.25) is 0 Å². The minimum atomic E-state index is -0.184. The third-order valence-electron chi connectivity index (χ3n) is 5.44. The van der Waals surface area contributed by atoms with Crippen molar-refractivity contribution in [1.82, 2.24) is 0 Å². The van der Waals surface area contributed by atoms with Crippen LogP contribution in [0.5, 0.6) is 0 Å². The first-order valence-electron chi connectivity index (χ1n) is 7.63. The van der Waals surface area contributed by atoms with Crippen molar-refractivity contribution in [2.75, 3.05) is 0 Å². The first-order valence-corrected chi connectivity index (χ1v) is 7.63. The Morgan fingerprint density at radius 1 is 1.30 bits per heavy atom. The van der Waals surface area contributed by atoms with Crippen LogP contribution in [0.25, 0.3) is 0 Å². The fraction of sp³-hybridized carbons (Fsp3) is 0.588. The molecule has 3 aliphatic rings. The van der Waals surface area contributed by atoms with Gasteiger partial charge in [-0.25, -0.2) is 4.79 Å². The lowest BCUT2D eigenvalue weighted by molar-refractivity contribution is -0.0654. The second-order valence-corrected chi connectivity index (χ2v) is 6.44. The monoisotopic (exact) mass is 272 g/mol. The summed E-state index contributed by atoms with van der Waals surface area (Å²) in [6.07, 6.45) is 5.07. The molecule has 0 aromatic heterocycles. The fourth-order valence-corrected chi connectivity index (χ4v) is 4.39. The maximum absolute atomic E-state index is 12.3.